The maximum absolute atomic E-state index is 13.2. The molecule has 0 aromatic heterocycles. The number of nitrogens with zero attached hydrogens (tertiary/aromatic N) is 2. The summed E-state index contributed by atoms with van der Waals surface area (Å²) in [5, 5.41) is 11.1. The normalized spacial score (nSPS) is 18.4. The lowest BCUT2D eigenvalue weighted by atomic mass is 10.0. The Balaban J connectivity index is 2.37. The number of hydrogen-bond acceptors (Lipinski definition) is 5. The summed E-state index contributed by atoms with van der Waals surface area (Å²) in [5.74, 6) is -1.06. The van der Waals surface area contributed by atoms with Crippen molar-refractivity contribution in [2.45, 2.75) is 32.2 Å². The molecule has 1 fully saturated rings. The summed E-state index contributed by atoms with van der Waals surface area (Å²) in [7, 11) is 0. The van der Waals surface area contributed by atoms with Crippen molar-refractivity contribution in [3.63, 3.8) is 0 Å². The third-order valence-corrected chi connectivity index (χ3v) is 3.51. The Morgan fingerprint density at radius 2 is 2.29 bits per heavy atom. The Hall–Kier alpha value is -2.18. The van der Waals surface area contributed by atoms with Gasteiger partial charge in [-0.05, 0) is 38.3 Å². The van der Waals surface area contributed by atoms with Crippen LogP contribution < -0.4 is 4.90 Å². The Morgan fingerprint density at radius 1 is 1.52 bits per heavy atom. The van der Waals surface area contributed by atoms with Crippen LogP contribution in [-0.4, -0.2) is 30.1 Å². The number of benzene rings is 1. The molecule has 1 aromatic rings. The second-order valence-corrected chi connectivity index (χ2v) is 4.85. The fourth-order valence-corrected chi connectivity index (χ4v) is 2.59. The van der Waals surface area contributed by atoms with Crippen molar-refractivity contribution in [2.24, 2.45) is 0 Å². The van der Waals surface area contributed by atoms with Crippen LogP contribution in [0.1, 0.15) is 26.2 Å². The summed E-state index contributed by atoms with van der Waals surface area (Å²) in [6.07, 6.45) is 2.26. The molecule has 0 saturated carbocycles. The number of nitro groups is 1. The molecule has 1 aromatic carbocycles. The van der Waals surface area contributed by atoms with Gasteiger partial charge < -0.3 is 9.64 Å². The van der Waals surface area contributed by atoms with Crippen molar-refractivity contribution in [1.29, 1.82) is 0 Å². The van der Waals surface area contributed by atoms with E-state index in [0.29, 0.717) is 13.0 Å². The standard InChI is InChI=1S/C14H17FN2O4/c1-2-21-14(18)12-5-3-4-8-16(12)11-7-6-10(15)9-13(11)17(19)20/h6-7,9,12H,2-5,8H2,1H3. The molecule has 1 aliphatic heterocycles. The van der Waals surface area contributed by atoms with Gasteiger partial charge in [0.1, 0.15) is 17.5 Å². The predicted molar refractivity (Wildman–Crippen MR) is 74.7 cm³/mol. The number of rotatable bonds is 4. The minimum absolute atomic E-state index is 0.259. The first-order valence-corrected chi connectivity index (χ1v) is 6.91. The SMILES string of the molecule is CCOC(=O)C1CCCCN1c1ccc(F)cc1[N+](=O)[O-]. The highest BCUT2D eigenvalue weighted by Gasteiger charge is 2.33. The van der Waals surface area contributed by atoms with Crippen LogP contribution in [0.15, 0.2) is 18.2 Å². The number of esters is 1. The lowest BCUT2D eigenvalue weighted by molar-refractivity contribution is -0.384. The molecule has 0 amide bonds. The van der Waals surface area contributed by atoms with Crippen LogP contribution in [0.4, 0.5) is 15.8 Å². The second kappa shape index (κ2) is 6.51. The molecule has 2 rings (SSSR count). The van der Waals surface area contributed by atoms with E-state index < -0.39 is 22.8 Å². The van der Waals surface area contributed by atoms with Crippen LogP contribution in [0.3, 0.4) is 0 Å². The quantitative estimate of drug-likeness (QED) is 0.485. The number of anilines is 1. The summed E-state index contributed by atoms with van der Waals surface area (Å²) in [6, 6.07) is 2.85. The van der Waals surface area contributed by atoms with Crippen molar-refractivity contribution in [3.05, 3.63) is 34.1 Å². The third-order valence-electron chi connectivity index (χ3n) is 3.51. The lowest BCUT2D eigenvalue weighted by Crippen LogP contribution is -2.46. The lowest BCUT2D eigenvalue weighted by Gasteiger charge is -2.35. The van der Waals surface area contributed by atoms with Gasteiger partial charge in [0.15, 0.2) is 0 Å². The van der Waals surface area contributed by atoms with E-state index >= 15 is 0 Å². The number of piperidine rings is 1. The average molecular weight is 296 g/mol. The van der Waals surface area contributed by atoms with Crippen LogP contribution in [0.25, 0.3) is 0 Å². The molecule has 0 bridgehead atoms. The smallest absolute Gasteiger partial charge is 0.328 e. The number of carbonyl (C=O) groups is 1. The molecule has 0 radical (unpaired) electrons. The average Bonchev–Trinajstić information content (AvgIpc) is 2.47. The van der Waals surface area contributed by atoms with Gasteiger partial charge in [0.25, 0.3) is 5.69 Å². The van der Waals surface area contributed by atoms with Crippen LogP contribution in [-0.2, 0) is 9.53 Å². The van der Waals surface area contributed by atoms with Crippen molar-refractivity contribution < 1.29 is 18.8 Å². The Kier molecular flexibility index (Phi) is 4.72. The molecule has 1 heterocycles. The molecule has 1 saturated heterocycles. The predicted octanol–water partition coefficient (Wildman–Crippen LogP) is 2.66. The summed E-state index contributed by atoms with van der Waals surface area (Å²) in [5.41, 5.74) is -0.0645. The molecule has 1 unspecified atom stereocenters. The molecule has 1 aliphatic rings. The zero-order chi connectivity index (χ0) is 15.4. The highest BCUT2D eigenvalue weighted by molar-refractivity contribution is 5.82. The van der Waals surface area contributed by atoms with E-state index in [1.54, 1.807) is 11.8 Å². The van der Waals surface area contributed by atoms with Crippen LogP contribution in [0, 0.1) is 15.9 Å². The van der Waals surface area contributed by atoms with E-state index in [1.165, 1.54) is 12.1 Å². The molecule has 114 valence electrons. The maximum Gasteiger partial charge on any atom is 0.328 e. The van der Waals surface area contributed by atoms with Crippen LogP contribution >= 0.6 is 0 Å². The summed E-state index contributed by atoms with van der Waals surface area (Å²) < 4.78 is 18.3. The largest absolute Gasteiger partial charge is 0.464 e. The number of carbonyl (C=O) groups excluding carboxylic acids is 1. The van der Waals surface area contributed by atoms with E-state index in [-0.39, 0.29) is 18.0 Å². The number of hydrogen-bond donors (Lipinski definition) is 0. The first kappa shape index (κ1) is 15.2. The van der Waals surface area contributed by atoms with Gasteiger partial charge in [-0.1, -0.05) is 0 Å². The fourth-order valence-electron chi connectivity index (χ4n) is 2.59. The summed E-state index contributed by atoms with van der Waals surface area (Å²) >= 11 is 0. The van der Waals surface area contributed by atoms with Crippen LogP contribution in [0.2, 0.25) is 0 Å². The van der Waals surface area contributed by atoms with E-state index in [0.717, 1.165) is 18.9 Å². The van der Waals surface area contributed by atoms with Gasteiger partial charge in [-0.3, -0.25) is 10.1 Å². The molecular formula is C14H17FN2O4. The topological polar surface area (TPSA) is 72.7 Å². The van der Waals surface area contributed by atoms with Crippen molar-refractivity contribution in [3.8, 4) is 0 Å². The second-order valence-electron chi connectivity index (χ2n) is 4.85. The third kappa shape index (κ3) is 3.29. The van der Waals surface area contributed by atoms with Crippen LogP contribution in [0.5, 0.6) is 0 Å². The number of nitro benzene ring substituents is 1. The van der Waals surface area contributed by atoms with Gasteiger partial charge in [-0.15, -0.1) is 0 Å². The van der Waals surface area contributed by atoms with Crippen molar-refractivity contribution in [2.75, 3.05) is 18.1 Å². The summed E-state index contributed by atoms with van der Waals surface area (Å²) in [6.45, 7) is 2.48. The Morgan fingerprint density at radius 3 is 2.95 bits per heavy atom. The number of ether oxygens (including phenoxy) is 1. The molecule has 0 aliphatic carbocycles. The van der Waals surface area contributed by atoms with Gasteiger partial charge in [0.2, 0.25) is 0 Å². The highest BCUT2D eigenvalue weighted by Crippen LogP contribution is 2.33. The monoisotopic (exact) mass is 296 g/mol. The van der Waals surface area contributed by atoms with Gasteiger partial charge in [-0.25, -0.2) is 9.18 Å². The van der Waals surface area contributed by atoms with E-state index in [1.807, 2.05) is 0 Å². The first-order chi connectivity index (χ1) is 10.0. The molecule has 6 nitrogen and oxygen atoms in total. The van der Waals surface area contributed by atoms with Gasteiger partial charge in [-0.2, -0.15) is 0 Å². The Bertz CT molecular complexity index is 550. The van der Waals surface area contributed by atoms with E-state index in [2.05, 4.69) is 0 Å². The molecular weight excluding hydrogens is 279 g/mol. The molecule has 21 heavy (non-hydrogen) atoms. The zero-order valence-electron chi connectivity index (χ0n) is 11.8. The van der Waals surface area contributed by atoms with E-state index in [4.69, 9.17) is 4.74 Å². The maximum atomic E-state index is 13.2. The number of halogens is 1. The molecule has 7 heteroatoms. The zero-order valence-corrected chi connectivity index (χ0v) is 11.8. The van der Waals surface area contributed by atoms with Crippen molar-refractivity contribution in [1.82, 2.24) is 0 Å². The van der Waals surface area contributed by atoms with Crippen molar-refractivity contribution >= 4 is 17.3 Å². The van der Waals surface area contributed by atoms with Gasteiger partial charge in [0, 0.05) is 6.54 Å². The molecule has 1 atom stereocenters. The van der Waals surface area contributed by atoms with Gasteiger partial charge >= 0.3 is 5.97 Å². The molecule has 0 spiro atoms. The summed E-state index contributed by atoms with van der Waals surface area (Å²) in [4.78, 5) is 24.2. The Labute approximate surface area is 121 Å². The minimum atomic E-state index is -0.671. The highest BCUT2D eigenvalue weighted by atomic mass is 19.1. The first-order valence-electron chi connectivity index (χ1n) is 6.91. The minimum Gasteiger partial charge on any atom is -0.464 e. The van der Waals surface area contributed by atoms with E-state index in [9.17, 15) is 19.3 Å². The fraction of sp³-hybridized carbons (Fsp3) is 0.500. The molecule has 0 N–H and O–H groups in total. The van der Waals surface area contributed by atoms with Gasteiger partial charge in [0.05, 0.1) is 17.6 Å².